The van der Waals surface area contributed by atoms with Gasteiger partial charge in [-0.1, -0.05) is 171 Å². The molecule has 1 heteroatoms. The van der Waals surface area contributed by atoms with Crippen LogP contribution in [0.1, 0.15) is 261 Å². The van der Waals surface area contributed by atoms with Crippen LogP contribution in [0.3, 0.4) is 0 Å². The van der Waals surface area contributed by atoms with Crippen LogP contribution in [0.5, 0.6) is 0 Å². The summed E-state index contributed by atoms with van der Waals surface area (Å²) in [6.45, 7) is 33.2. The number of hydrogen-bond donors (Lipinski definition) is 0. The standard InChI is InChI=1S/C26H32.C22H28.2C9H18.2CH3.Fe/c1-15(2)25-21-9-5-17-13-18-6-10-22(25)24-12-8-20(18)14-19(17)7-11-23(21)26(24)16(3)4;1-15(2)21-13-17-5-9-19(21)11-7-18-6-10-20(12-8-17)22(14-18)16(3)4;2*1-9(2,3)8-6-4-5-7-8;;;/h13-16H,5-12H2,1-4H3;5-6,9-10,13-16H,7-8,11-12H2,1-4H3;2*8H,4-7H2,1-3H3;2*1H3;/q;;;;2*-1;+2. The fourth-order valence-corrected chi connectivity index (χ4v) is 13.6. The summed E-state index contributed by atoms with van der Waals surface area (Å²) in [7, 11) is 0. The maximum atomic E-state index is 2.60. The predicted molar refractivity (Wildman–Crippen MR) is 302 cm³/mol. The molecule has 4 aromatic rings. The summed E-state index contributed by atoms with van der Waals surface area (Å²) in [4.78, 5) is 0. The fourth-order valence-electron chi connectivity index (χ4n) is 13.6. The van der Waals surface area contributed by atoms with Crippen molar-refractivity contribution < 1.29 is 17.1 Å². The van der Waals surface area contributed by atoms with E-state index in [9.17, 15) is 0 Å². The van der Waals surface area contributed by atoms with Gasteiger partial charge in [-0.3, -0.25) is 0 Å². The minimum atomic E-state index is 0. The van der Waals surface area contributed by atoms with Crippen LogP contribution in [0.4, 0.5) is 0 Å². The minimum Gasteiger partial charge on any atom is -0.358 e. The Hall–Kier alpha value is -2.60. The van der Waals surface area contributed by atoms with Gasteiger partial charge in [-0.15, -0.1) is 0 Å². The van der Waals surface area contributed by atoms with E-state index in [2.05, 4.69) is 145 Å². The molecular formula is C68H102Fe. The maximum Gasteiger partial charge on any atom is 2.00 e. The van der Waals surface area contributed by atoms with Crippen molar-refractivity contribution in [3.05, 3.63) is 152 Å². The molecule has 69 heavy (non-hydrogen) atoms. The number of aryl methyl sites for hydroxylation is 8. The third-order valence-corrected chi connectivity index (χ3v) is 17.5. The van der Waals surface area contributed by atoms with Crippen LogP contribution in [0, 0.1) is 37.5 Å². The second-order valence-corrected chi connectivity index (χ2v) is 25.5. The summed E-state index contributed by atoms with van der Waals surface area (Å²) in [5, 5.41) is 0. The normalized spacial score (nSPS) is 17.2. The molecule has 4 bridgehead atoms. The van der Waals surface area contributed by atoms with Crippen molar-refractivity contribution in [1.82, 2.24) is 0 Å². The summed E-state index contributed by atoms with van der Waals surface area (Å²) in [6.07, 6.45) is 26.4. The van der Waals surface area contributed by atoms with Gasteiger partial charge < -0.3 is 14.9 Å². The molecule has 0 nitrogen and oxygen atoms in total. The first-order valence-corrected chi connectivity index (χ1v) is 27.9. The van der Waals surface area contributed by atoms with E-state index in [1.807, 2.05) is 0 Å². The first-order chi connectivity index (χ1) is 31.3. The molecule has 0 aliphatic heterocycles. The number of benzene rings is 4. The van der Waals surface area contributed by atoms with Crippen LogP contribution in [0.15, 0.2) is 48.5 Å². The molecule has 0 radical (unpaired) electrons. The first kappa shape index (κ1) is 59.0. The van der Waals surface area contributed by atoms with E-state index in [-0.39, 0.29) is 31.9 Å². The van der Waals surface area contributed by atoms with Crippen LogP contribution < -0.4 is 0 Å². The zero-order chi connectivity index (χ0) is 47.5. The Bertz CT molecular complexity index is 2030. The summed E-state index contributed by atoms with van der Waals surface area (Å²) in [5.41, 5.74) is 27.4. The zero-order valence-corrected chi connectivity index (χ0v) is 48.7. The summed E-state index contributed by atoms with van der Waals surface area (Å²) in [5.74, 6) is 4.55. The Labute approximate surface area is 438 Å². The van der Waals surface area contributed by atoms with Gasteiger partial charge in [-0.2, -0.15) is 0 Å². The molecule has 0 heterocycles. The van der Waals surface area contributed by atoms with Crippen molar-refractivity contribution in [3.8, 4) is 0 Å². The smallest absolute Gasteiger partial charge is 0.358 e. The molecule has 0 spiro atoms. The van der Waals surface area contributed by atoms with Gasteiger partial charge in [-0.05, 0) is 238 Å². The van der Waals surface area contributed by atoms with Crippen LogP contribution in [-0.4, -0.2) is 0 Å². The third kappa shape index (κ3) is 14.3. The van der Waals surface area contributed by atoms with Crippen molar-refractivity contribution in [2.75, 3.05) is 0 Å². The molecule has 0 amide bonds. The Balaban J connectivity index is 0.000000217. The molecule has 0 atom stereocenters. The Kier molecular flexibility index (Phi) is 21.7. The summed E-state index contributed by atoms with van der Waals surface area (Å²) >= 11 is 0. The molecule has 0 N–H and O–H groups in total. The van der Waals surface area contributed by atoms with E-state index >= 15 is 0 Å². The molecule has 12 rings (SSSR count). The van der Waals surface area contributed by atoms with E-state index < -0.39 is 0 Å². The summed E-state index contributed by atoms with van der Waals surface area (Å²) < 4.78 is 0. The molecule has 8 aliphatic rings. The van der Waals surface area contributed by atoms with Crippen molar-refractivity contribution in [2.24, 2.45) is 22.7 Å². The topological polar surface area (TPSA) is 0 Å². The maximum absolute atomic E-state index is 2.60. The van der Waals surface area contributed by atoms with E-state index in [4.69, 9.17) is 0 Å². The van der Waals surface area contributed by atoms with E-state index in [1.54, 1.807) is 66.8 Å². The SMILES string of the molecule is CC(C)(C)C1CCCC1.CC(C)(C)C1CCCC1.CC(C)c1c2c3c(C(C)C)c4c1CCc1cc(c(cc1CC4)CC3)CC2.CC(C)c1cc2ccc1CCc1ccc(c(C(C)C)c1)CC2.[CH3-].[CH3-].[Fe+2]. The molecule has 0 aromatic heterocycles. The molecule has 2 saturated carbocycles. The average Bonchev–Trinajstić information content (AvgIpc) is 4.00. The first-order valence-electron chi connectivity index (χ1n) is 27.9. The van der Waals surface area contributed by atoms with Gasteiger partial charge in [0.2, 0.25) is 0 Å². The third-order valence-electron chi connectivity index (χ3n) is 17.5. The Morgan fingerprint density at radius 3 is 0.855 bits per heavy atom. The monoisotopic (exact) mass is 975 g/mol. The molecule has 2 fully saturated rings. The number of fused-ring (bicyclic) bond motifs is 4. The minimum absolute atomic E-state index is 0. The molecular weight excluding hydrogens is 873 g/mol. The van der Waals surface area contributed by atoms with Crippen LogP contribution in [0.2, 0.25) is 0 Å². The van der Waals surface area contributed by atoms with Gasteiger partial charge in [-0.25, -0.2) is 0 Å². The molecule has 8 aliphatic carbocycles. The largest absolute Gasteiger partial charge is 2.00 e. The molecule has 382 valence electrons. The van der Waals surface area contributed by atoms with Crippen LogP contribution in [-0.2, 0) is 94.1 Å². The van der Waals surface area contributed by atoms with Gasteiger partial charge in [0.15, 0.2) is 0 Å². The Morgan fingerprint density at radius 2 is 0.623 bits per heavy atom. The predicted octanol–water partition coefficient (Wildman–Crippen LogP) is 19.2. The summed E-state index contributed by atoms with van der Waals surface area (Å²) in [6, 6.07) is 19.6. The van der Waals surface area contributed by atoms with Gasteiger partial charge in [0.05, 0.1) is 0 Å². The molecule has 4 aromatic carbocycles. The Morgan fingerprint density at radius 1 is 0.348 bits per heavy atom. The van der Waals surface area contributed by atoms with E-state index in [0.717, 1.165) is 37.5 Å². The molecule has 0 saturated heterocycles. The van der Waals surface area contributed by atoms with E-state index in [0.29, 0.717) is 34.5 Å². The fraction of sp³-hybridized carbons (Fsp3) is 0.618. The van der Waals surface area contributed by atoms with Crippen LogP contribution in [0.25, 0.3) is 0 Å². The van der Waals surface area contributed by atoms with Gasteiger partial charge in [0, 0.05) is 0 Å². The van der Waals surface area contributed by atoms with Crippen molar-refractivity contribution in [2.45, 2.75) is 249 Å². The second kappa shape index (κ2) is 25.4. The number of hydrogen-bond acceptors (Lipinski definition) is 0. The van der Waals surface area contributed by atoms with E-state index in [1.165, 1.54) is 125 Å². The average molecular weight is 975 g/mol. The van der Waals surface area contributed by atoms with Crippen molar-refractivity contribution >= 4 is 0 Å². The van der Waals surface area contributed by atoms with Crippen molar-refractivity contribution in [3.63, 3.8) is 0 Å². The van der Waals surface area contributed by atoms with Gasteiger partial charge >= 0.3 is 17.1 Å². The zero-order valence-electron chi connectivity index (χ0n) is 47.6. The van der Waals surface area contributed by atoms with Gasteiger partial charge in [0.1, 0.15) is 0 Å². The quantitative estimate of drug-likeness (QED) is 0.141. The number of rotatable bonds is 4. The second-order valence-electron chi connectivity index (χ2n) is 25.5. The van der Waals surface area contributed by atoms with Crippen LogP contribution >= 0.6 is 0 Å². The molecule has 0 unspecified atom stereocenters. The van der Waals surface area contributed by atoms with Crippen molar-refractivity contribution in [1.29, 1.82) is 0 Å². The van der Waals surface area contributed by atoms with Gasteiger partial charge in [0.25, 0.3) is 0 Å².